The average molecular weight is 246 g/mol. The van der Waals surface area contributed by atoms with E-state index in [4.69, 9.17) is 9.29 Å². The molecule has 6 heteroatoms. The highest BCUT2D eigenvalue weighted by molar-refractivity contribution is 7.86. The fourth-order valence-electron chi connectivity index (χ4n) is 1.76. The standard InChI is InChI=1S/C10H11FO4S/c1-15-9-3-2-6(4-8(9)11)7-5-10(7)16(12,13)14/h2-4,7,10H,5H2,1H3,(H,12,13,14)/t7-,10+/m1/s1. The van der Waals surface area contributed by atoms with Crippen molar-refractivity contribution in [2.45, 2.75) is 17.6 Å². The van der Waals surface area contributed by atoms with E-state index in [1.54, 1.807) is 6.07 Å². The molecule has 2 rings (SSSR count). The summed E-state index contributed by atoms with van der Waals surface area (Å²) in [5.41, 5.74) is 0.570. The van der Waals surface area contributed by atoms with Gasteiger partial charge in [0.2, 0.25) is 0 Å². The van der Waals surface area contributed by atoms with Crippen molar-refractivity contribution < 1.29 is 22.1 Å². The summed E-state index contributed by atoms with van der Waals surface area (Å²) in [5, 5.41) is -0.791. The van der Waals surface area contributed by atoms with Crippen molar-refractivity contribution in [2.24, 2.45) is 0 Å². The van der Waals surface area contributed by atoms with E-state index in [-0.39, 0.29) is 11.7 Å². The molecule has 0 unspecified atom stereocenters. The summed E-state index contributed by atoms with van der Waals surface area (Å²) in [7, 11) is -2.65. The van der Waals surface area contributed by atoms with Gasteiger partial charge in [0.1, 0.15) is 0 Å². The highest BCUT2D eigenvalue weighted by atomic mass is 32.2. The second-order valence-corrected chi connectivity index (χ2v) is 5.43. The third-order valence-electron chi connectivity index (χ3n) is 2.72. The molecule has 2 atom stereocenters. The summed E-state index contributed by atoms with van der Waals surface area (Å²) in [4.78, 5) is 0. The van der Waals surface area contributed by atoms with Gasteiger partial charge in [0.25, 0.3) is 10.1 Å². The van der Waals surface area contributed by atoms with Crippen molar-refractivity contribution >= 4 is 10.1 Å². The minimum Gasteiger partial charge on any atom is -0.494 e. The number of benzene rings is 1. The summed E-state index contributed by atoms with van der Waals surface area (Å²) in [6.45, 7) is 0. The van der Waals surface area contributed by atoms with Gasteiger partial charge in [-0.1, -0.05) is 6.07 Å². The van der Waals surface area contributed by atoms with Crippen molar-refractivity contribution in [3.8, 4) is 5.75 Å². The smallest absolute Gasteiger partial charge is 0.268 e. The Balaban J connectivity index is 2.22. The zero-order valence-corrected chi connectivity index (χ0v) is 9.37. The lowest BCUT2D eigenvalue weighted by atomic mass is 10.1. The Kier molecular flexibility index (Phi) is 2.63. The molecule has 1 aliphatic carbocycles. The van der Waals surface area contributed by atoms with Crippen molar-refractivity contribution in [3.63, 3.8) is 0 Å². The highest BCUT2D eigenvalue weighted by Crippen LogP contribution is 2.46. The fourth-order valence-corrected chi connectivity index (χ4v) is 2.79. The zero-order chi connectivity index (χ0) is 11.9. The zero-order valence-electron chi connectivity index (χ0n) is 8.55. The van der Waals surface area contributed by atoms with Gasteiger partial charge in [-0.15, -0.1) is 0 Å². The van der Waals surface area contributed by atoms with Gasteiger partial charge in [-0.2, -0.15) is 8.42 Å². The first-order chi connectivity index (χ1) is 7.43. The Bertz CT molecular complexity index is 512. The molecule has 16 heavy (non-hydrogen) atoms. The molecule has 0 radical (unpaired) electrons. The van der Waals surface area contributed by atoms with Crippen LogP contribution in [-0.2, 0) is 10.1 Å². The first kappa shape index (κ1) is 11.3. The molecule has 88 valence electrons. The van der Waals surface area contributed by atoms with Gasteiger partial charge in [0, 0.05) is 5.92 Å². The molecular formula is C10H11FO4S. The van der Waals surface area contributed by atoms with Crippen LogP contribution < -0.4 is 4.74 Å². The monoisotopic (exact) mass is 246 g/mol. The van der Waals surface area contributed by atoms with E-state index in [2.05, 4.69) is 0 Å². The quantitative estimate of drug-likeness (QED) is 0.822. The number of hydrogen-bond donors (Lipinski definition) is 1. The number of halogens is 1. The van der Waals surface area contributed by atoms with Crippen LogP contribution in [0, 0.1) is 5.82 Å². The largest absolute Gasteiger partial charge is 0.494 e. The van der Waals surface area contributed by atoms with E-state index in [0.717, 1.165) is 0 Å². The van der Waals surface area contributed by atoms with Crippen LogP contribution in [0.5, 0.6) is 5.75 Å². The van der Waals surface area contributed by atoms with Gasteiger partial charge < -0.3 is 4.74 Å². The number of ether oxygens (including phenoxy) is 1. The maximum absolute atomic E-state index is 13.3. The Morgan fingerprint density at radius 3 is 2.62 bits per heavy atom. The third kappa shape index (κ3) is 2.03. The number of methoxy groups -OCH3 is 1. The molecule has 0 aliphatic heterocycles. The molecule has 1 aliphatic rings. The molecule has 0 saturated heterocycles. The van der Waals surface area contributed by atoms with Crippen LogP contribution in [0.15, 0.2) is 18.2 Å². The van der Waals surface area contributed by atoms with Crippen LogP contribution >= 0.6 is 0 Å². The van der Waals surface area contributed by atoms with E-state index in [0.29, 0.717) is 12.0 Å². The molecule has 1 fully saturated rings. The first-order valence-corrected chi connectivity index (χ1v) is 6.23. The van der Waals surface area contributed by atoms with Gasteiger partial charge in [-0.05, 0) is 24.1 Å². The molecule has 1 saturated carbocycles. The molecule has 4 nitrogen and oxygen atoms in total. The predicted octanol–water partition coefficient (Wildman–Crippen LogP) is 1.58. The van der Waals surface area contributed by atoms with E-state index in [1.165, 1.54) is 19.2 Å². The average Bonchev–Trinajstić information content (AvgIpc) is 2.96. The van der Waals surface area contributed by atoms with Crippen molar-refractivity contribution in [1.29, 1.82) is 0 Å². The first-order valence-electron chi connectivity index (χ1n) is 4.73. The summed E-state index contributed by atoms with van der Waals surface area (Å²) in [5.74, 6) is -0.718. The van der Waals surface area contributed by atoms with Gasteiger partial charge in [0.05, 0.1) is 12.4 Å². The molecule has 0 spiro atoms. The third-order valence-corrected chi connectivity index (χ3v) is 4.00. The van der Waals surface area contributed by atoms with Gasteiger partial charge in [-0.3, -0.25) is 4.55 Å². The van der Waals surface area contributed by atoms with E-state index < -0.39 is 21.2 Å². The summed E-state index contributed by atoms with van der Waals surface area (Å²) in [6.07, 6.45) is 0.338. The maximum atomic E-state index is 13.3. The summed E-state index contributed by atoms with van der Waals surface area (Å²) >= 11 is 0. The normalized spacial score (nSPS) is 24.2. The highest BCUT2D eigenvalue weighted by Gasteiger charge is 2.47. The molecule has 1 aromatic rings. The van der Waals surface area contributed by atoms with E-state index in [9.17, 15) is 12.8 Å². The predicted molar refractivity (Wildman–Crippen MR) is 55.6 cm³/mol. The van der Waals surface area contributed by atoms with Crippen LogP contribution in [0.4, 0.5) is 4.39 Å². The number of rotatable bonds is 3. The molecule has 0 aromatic heterocycles. The second-order valence-electron chi connectivity index (χ2n) is 3.79. The molecule has 1 N–H and O–H groups in total. The Morgan fingerprint density at radius 1 is 1.50 bits per heavy atom. The lowest BCUT2D eigenvalue weighted by Gasteiger charge is -2.04. The molecular weight excluding hydrogens is 235 g/mol. The summed E-state index contributed by atoms with van der Waals surface area (Å²) < 4.78 is 48.5. The number of hydrogen-bond acceptors (Lipinski definition) is 3. The van der Waals surface area contributed by atoms with Crippen LogP contribution in [-0.4, -0.2) is 25.3 Å². The Hall–Kier alpha value is -1.14. The van der Waals surface area contributed by atoms with Crippen LogP contribution in [0.25, 0.3) is 0 Å². The molecule has 0 bridgehead atoms. The lowest BCUT2D eigenvalue weighted by Crippen LogP contribution is -2.06. The SMILES string of the molecule is COc1ccc([C@H]2C[C@@H]2S(=O)(=O)O)cc1F. The lowest BCUT2D eigenvalue weighted by molar-refractivity contribution is 0.386. The van der Waals surface area contributed by atoms with Gasteiger partial charge >= 0.3 is 0 Å². The Morgan fingerprint density at radius 2 is 2.19 bits per heavy atom. The van der Waals surface area contributed by atoms with E-state index >= 15 is 0 Å². The van der Waals surface area contributed by atoms with Crippen LogP contribution in [0.3, 0.4) is 0 Å². The fraction of sp³-hybridized carbons (Fsp3) is 0.400. The second kappa shape index (κ2) is 3.71. The van der Waals surface area contributed by atoms with Gasteiger partial charge in [0.15, 0.2) is 11.6 Å². The molecule has 1 aromatic carbocycles. The maximum Gasteiger partial charge on any atom is 0.268 e. The summed E-state index contributed by atoms with van der Waals surface area (Å²) in [6, 6.07) is 4.30. The van der Waals surface area contributed by atoms with Gasteiger partial charge in [-0.25, -0.2) is 4.39 Å². The minimum absolute atomic E-state index is 0.118. The molecule has 0 heterocycles. The van der Waals surface area contributed by atoms with Crippen LogP contribution in [0.2, 0.25) is 0 Å². The van der Waals surface area contributed by atoms with Crippen molar-refractivity contribution in [2.75, 3.05) is 7.11 Å². The van der Waals surface area contributed by atoms with Crippen LogP contribution in [0.1, 0.15) is 17.9 Å². The van der Waals surface area contributed by atoms with E-state index in [1.807, 2.05) is 0 Å². The Labute approximate surface area is 92.8 Å². The topological polar surface area (TPSA) is 63.6 Å². The minimum atomic E-state index is -4.01. The molecule has 0 amide bonds. The van der Waals surface area contributed by atoms with Crippen molar-refractivity contribution in [3.05, 3.63) is 29.6 Å². The van der Waals surface area contributed by atoms with Crippen molar-refractivity contribution in [1.82, 2.24) is 0 Å².